The molecule has 0 bridgehead atoms. The molecule has 0 saturated carbocycles. The summed E-state index contributed by atoms with van der Waals surface area (Å²) in [7, 11) is 0. The van der Waals surface area contributed by atoms with Gasteiger partial charge < -0.3 is 19.8 Å². The summed E-state index contributed by atoms with van der Waals surface area (Å²) in [6.07, 6.45) is 5.32. The van der Waals surface area contributed by atoms with Crippen molar-refractivity contribution < 1.29 is 19.8 Å². The summed E-state index contributed by atoms with van der Waals surface area (Å²) in [5.74, 6) is 5.99. The summed E-state index contributed by atoms with van der Waals surface area (Å²) in [6.45, 7) is 9.56. The van der Waals surface area contributed by atoms with Gasteiger partial charge in [-0.05, 0) is 54.4 Å². The van der Waals surface area contributed by atoms with Crippen molar-refractivity contribution in [2.24, 2.45) is 0 Å². The van der Waals surface area contributed by atoms with Crippen LogP contribution in [0, 0.1) is 11.8 Å². The third kappa shape index (κ3) is 10.1. The smallest absolute Gasteiger partial charge is 0.130 e. The molecule has 0 fully saturated rings. The van der Waals surface area contributed by atoms with Crippen LogP contribution in [0.25, 0.3) is 0 Å². The van der Waals surface area contributed by atoms with Crippen molar-refractivity contribution in [2.45, 2.75) is 78.4 Å². The minimum absolute atomic E-state index is 0.0793. The Bertz CT molecular complexity index is 519. The van der Waals surface area contributed by atoms with Crippen molar-refractivity contribution in [1.82, 2.24) is 0 Å². The monoisotopic (exact) mass is 334 g/mol. The Hall–Kier alpha value is -1.70. The van der Waals surface area contributed by atoms with E-state index in [4.69, 9.17) is 0 Å². The average molecular weight is 334 g/mol. The van der Waals surface area contributed by atoms with Crippen molar-refractivity contribution in [2.75, 3.05) is 0 Å². The van der Waals surface area contributed by atoms with E-state index >= 15 is 0 Å². The molecule has 4 heteroatoms. The first-order chi connectivity index (χ1) is 10.8. The van der Waals surface area contributed by atoms with Crippen LogP contribution in [0.3, 0.4) is 0 Å². The first kappa shape index (κ1) is 22.3. The number of carbonyl (C=O) groups excluding carboxylic acids is 2. The minimum Gasteiger partial charge on any atom is -0.385 e. The second-order valence-electron chi connectivity index (χ2n) is 7.09. The zero-order valence-corrected chi connectivity index (χ0v) is 15.7. The predicted octanol–water partition coefficient (Wildman–Crippen LogP) is 3.12. The van der Waals surface area contributed by atoms with E-state index in [9.17, 15) is 19.8 Å². The van der Waals surface area contributed by atoms with E-state index in [1.807, 2.05) is 0 Å². The standard InChI is InChI=1S/C20H30O4/c1-15(21)9-7-11-17(19(3,4)23)13-14-18(20(5,6)24)12-8-10-16(2)22/h11-12,23-24H,7-10H2,1-6H3/b17-11-,18-12-. The van der Waals surface area contributed by atoms with Crippen LogP contribution in [0.5, 0.6) is 0 Å². The molecule has 4 nitrogen and oxygen atoms in total. The first-order valence-electron chi connectivity index (χ1n) is 8.21. The molecule has 0 aromatic heterocycles. The van der Waals surface area contributed by atoms with Gasteiger partial charge in [0, 0.05) is 24.0 Å². The number of hydrogen-bond donors (Lipinski definition) is 2. The number of carbonyl (C=O) groups is 2. The summed E-state index contributed by atoms with van der Waals surface area (Å²) in [4.78, 5) is 22.1. The van der Waals surface area contributed by atoms with Gasteiger partial charge in [0.05, 0.1) is 11.2 Å². The quantitative estimate of drug-likeness (QED) is 0.669. The SMILES string of the molecule is CC(=O)CC/C=C(/C#C/C(=C/CCC(C)=O)C(C)(C)O)C(C)(C)O. The van der Waals surface area contributed by atoms with Crippen LogP contribution in [0.15, 0.2) is 23.3 Å². The summed E-state index contributed by atoms with van der Waals surface area (Å²) < 4.78 is 0. The molecule has 0 rings (SSSR count). The summed E-state index contributed by atoms with van der Waals surface area (Å²) >= 11 is 0. The van der Waals surface area contributed by atoms with Crippen LogP contribution in [0.1, 0.15) is 67.2 Å². The molecule has 0 radical (unpaired) electrons. The predicted molar refractivity (Wildman–Crippen MR) is 96.4 cm³/mol. The van der Waals surface area contributed by atoms with Gasteiger partial charge >= 0.3 is 0 Å². The summed E-state index contributed by atoms with van der Waals surface area (Å²) in [5.41, 5.74) is -1.25. The zero-order chi connectivity index (χ0) is 19.0. The van der Waals surface area contributed by atoms with E-state index in [0.717, 1.165) is 0 Å². The largest absolute Gasteiger partial charge is 0.385 e. The molecule has 0 aromatic rings. The Morgan fingerprint density at radius 2 is 1.08 bits per heavy atom. The zero-order valence-electron chi connectivity index (χ0n) is 15.7. The average Bonchev–Trinajstić information content (AvgIpc) is 2.36. The second-order valence-corrected chi connectivity index (χ2v) is 7.09. The maximum atomic E-state index is 11.0. The van der Waals surface area contributed by atoms with E-state index in [0.29, 0.717) is 36.8 Å². The number of Topliss-reactive ketones (excluding diaryl/α,β-unsaturated/α-hetero) is 2. The molecule has 0 aliphatic heterocycles. The molecular weight excluding hydrogens is 304 g/mol. The van der Waals surface area contributed by atoms with Crippen molar-refractivity contribution in [3.05, 3.63) is 23.3 Å². The fraction of sp³-hybridized carbons (Fsp3) is 0.600. The lowest BCUT2D eigenvalue weighted by atomic mass is 9.93. The van der Waals surface area contributed by atoms with E-state index in [-0.39, 0.29) is 11.6 Å². The van der Waals surface area contributed by atoms with E-state index < -0.39 is 11.2 Å². The fourth-order valence-electron chi connectivity index (χ4n) is 1.88. The number of hydrogen-bond acceptors (Lipinski definition) is 4. The molecule has 134 valence electrons. The van der Waals surface area contributed by atoms with Gasteiger partial charge in [0.15, 0.2) is 0 Å². The topological polar surface area (TPSA) is 74.6 Å². The van der Waals surface area contributed by atoms with Gasteiger partial charge in [-0.2, -0.15) is 0 Å². The molecule has 0 aliphatic rings. The molecule has 0 atom stereocenters. The van der Waals surface area contributed by atoms with Crippen molar-refractivity contribution in [3.8, 4) is 11.8 Å². The molecule has 24 heavy (non-hydrogen) atoms. The molecule has 0 spiro atoms. The Balaban J connectivity index is 5.47. The summed E-state index contributed by atoms with van der Waals surface area (Å²) in [5, 5.41) is 20.4. The van der Waals surface area contributed by atoms with Gasteiger partial charge in [0.2, 0.25) is 0 Å². The number of ketones is 2. The first-order valence-corrected chi connectivity index (χ1v) is 8.21. The van der Waals surface area contributed by atoms with Gasteiger partial charge in [0.1, 0.15) is 11.6 Å². The highest BCUT2D eigenvalue weighted by Crippen LogP contribution is 2.19. The highest BCUT2D eigenvalue weighted by atomic mass is 16.3. The van der Waals surface area contributed by atoms with Crippen molar-refractivity contribution in [1.29, 1.82) is 0 Å². The normalized spacial score (nSPS) is 13.3. The molecule has 2 N–H and O–H groups in total. The van der Waals surface area contributed by atoms with Crippen molar-refractivity contribution in [3.63, 3.8) is 0 Å². The highest BCUT2D eigenvalue weighted by molar-refractivity contribution is 5.76. The maximum Gasteiger partial charge on any atom is 0.130 e. The van der Waals surface area contributed by atoms with Gasteiger partial charge in [-0.3, -0.25) is 0 Å². The Labute approximate surface area is 145 Å². The number of allylic oxidation sites excluding steroid dienone is 2. The van der Waals surface area contributed by atoms with Crippen LogP contribution in [0.2, 0.25) is 0 Å². The van der Waals surface area contributed by atoms with E-state index in [1.165, 1.54) is 13.8 Å². The molecule has 0 aromatic carbocycles. The molecule has 0 unspecified atom stereocenters. The lowest BCUT2D eigenvalue weighted by Crippen LogP contribution is -2.23. The molecular formula is C20H30O4. The third-order valence-corrected chi connectivity index (χ3v) is 3.34. The van der Waals surface area contributed by atoms with Crippen LogP contribution in [-0.2, 0) is 9.59 Å². The van der Waals surface area contributed by atoms with Crippen molar-refractivity contribution >= 4 is 11.6 Å². The lowest BCUT2D eigenvalue weighted by molar-refractivity contribution is -0.117. The van der Waals surface area contributed by atoms with Crippen LogP contribution in [-0.4, -0.2) is 33.0 Å². The number of rotatable bonds is 8. The second kappa shape index (κ2) is 9.56. The third-order valence-electron chi connectivity index (χ3n) is 3.34. The number of aliphatic hydroxyl groups is 2. The Morgan fingerprint density at radius 1 is 0.792 bits per heavy atom. The highest BCUT2D eigenvalue weighted by Gasteiger charge is 2.20. The summed E-state index contributed by atoms with van der Waals surface area (Å²) in [6, 6.07) is 0. The molecule has 0 aliphatic carbocycles. The van der Waals surface area contributed by atoms with Crippen LogP contribution < -0.4 is 0 Å². The minimum atomic E-state index is -1.13. The Kier molecular flexibility index (Phi) is 8.88. The van der Waals surface area contributed by atoms with Crippen LogP contribution >= 0.6 is 0 Å². The van der Waals surface area contributed by atoms with Gasteiger partial charge in [-0.15, -0.1) is 0 Å². The van der Waals surface area contributed by atoms with Gasteiger partial charge in [-0.1, -0.05) is 24.0 Å². The van der Waals surface area contributed by atoms with Gasteiger partial charge in [0.25, 0.3) is 0 Å². The van der Waals surface area contributed by atoms with E-state index in [1.54, 1.807) is 39.8 Å². The molecule has 0 heterocycles. The molecule has 0 saturated heterocycles. The van der Waals surface area contributed by atoms with Gasteiger partial charge in [-0.25, -0.2) is 0 Å². The molecule has 0 amide bonds. The fourth-order valence-corrected chi connectivity index (χ4v) is 1.88. The lowest BCUT2D eigenvalue weighted by Gasteiger charge is -2.19. The maximum absolute atomic E-state index is 11.0. The Morgan fingerprint density at radius 3 is 1.29 bits per heavy atom. The van der Waals surface area contributed by atoms with E-state index in [2.05, 4.69) is 11.8 Å². The van der Waals surface area contributed by atoms with Crippen LogP contribution in [0.4, 0.5) is 0 Å².